The van der Waals surface area contributed by atoms with Crippen molar-refractivity contribution in [2.24, 2.45) is 5.41 Å². The van der Waals surface area contributed by atoms with E-state index >= 15 is 0 Å². The molecular weight excluding hydrogens is 442 g/mol. The number of fused-ring (bicyclic) bond motifs is 3. The molecule has 2 unspecified atom stereocenters. The summed E-state index contributed by atoms with van der Waals surface area (Å²) < 4.78 is 6.11. The van der Waals surface area contributed by atoms with Gasteiger partial charge in [-0.15, -0.1) is 0 Å². The van der Waals surface area contributed by atoms with E-state index in [0.29, 0.717) is 5.71 Å². The lowest BCUT2D eigenvalue weighted by Gasteiger charge is -2.43. The van der Waals surface area contributed by atoms with E-state index in [-0.39, 0.29) is 23.7 Å². The second kappa shape index (κ2) is 8.41. The van der Waals surface area contributed by atoms with Crippen molar-refractivity contribution in [3.05, 3.63) is 102 Å². The molecule has 6 rings (SSSR count). The van der Waals surface area contributed by atoms with Crippen molar-refractivity contribution >= 4 is 33.4 Å². The standard InChI is InChI=1S/C32H33N3O/c1-21-19-28-26(25-17-12-18-33-30(25)36-28)20-27(21)34-22(2)29(23-13-8-6-9-14-23)35(31(34)32(3,4)5)24-15-10-7-11-16-24/h6-20,22,29,31H,1-5H3/t22-,29?,31?/m0/s1. The van der Waals surface area contributed by atoms with Crippen LogP contribution in [0, 0.1) is 12.3 Å². The van der Waals surface area contributed by atoms with Gasteiger partial charge in [0.15, 0.2) is 0 Å². The molecule has 0 bridgehead atoms. The summed E-state index contributed by atoms with van der Waals surface area (Å²) in [4.78, 5) is 9.74. The zero-order chi connectivity index (χ0) is 25.0. The Balaban J connectivity index is 1.60. The minimum Gasteiger partial charge on any atom is -0.438 e. The van der Waals surface area contributed by atoms with Gasteiger partial charge in [-0.05, 0) is 61.4 Å². The number of hydrogen-bond acceptors (Lipinski definition) is 4. The molecule has 0 aliphatic carbocycles. The maximum Gasteiger partial charge on any atom is 0.227 e. The largest absolute Gasteiger partial charge is 0.438 e. The molecule has 2 aromatic heterocycles. The summed E-state index contributed by atoms with van der Waals surface area (Å²) in [5.41, 5.74) is 6.61. The average Bonchev–Trinajstić information content (AvgIpc) is 3.39. The number of anilines is 2. The van der Waals surface area contributed by atoms with Crippen LogP contribution in [0.5, 0.6) is 0 Å². The van der Waals surface area contributed by atoms with Crippen LogP contribution in [0.1, 0.15) is 44.9 Å². The predicted octanol–water partition coefficient (Wildman–Crippen LogP) is 8.12. The first-order valence-corrected chi connectivity index (χ1v) is 12.8. The van der Waals surface area contributed by atoms with Crippen molar-refractivity contribution in [1.82, 2.24) is 4.98 Å². The Labute approximate surface area is 213 Å². The van der Waals surface area contributed by atoms with Gasteiger partial charge in [-0.25, -0.2) is 4.98 Å². The molecule has 4 heteroatoms. The third kappa shape index (κ3) is 3.55. The quantitative estimate of drug-likeness (QED) is 0.264. The highest BCUT2D eigenvalue weighted by atomic mass is 16.3. The van der Waals surface area contributed by atoms with E-state index in [2.05, 4.69) is 128 Å². The van der Waals surface area contributed by atoms with Crippen LogP contribution < -0.4 is 9.80 Å². The zero-order valence-corrected chi connectivity index (χ0v) is 21.6. The van der Waals surface area contributed by atoms with Crippen molar-refractivity contribution < 1.29 is 4.42 Å². The predicted molar refractivity (Wildman–Crippen MR) is 150 cm³/mol. The second-order valence-electron chi connectivity index (χ2n) is 11.1. The smallest absolute Gasteiger partial charge is 0.227 e. The molecule has 0 radical (unpaired) electrons. The molecule has 3 aromatic carbocycles. The first-order valence-electron chi connectivity index (χ1n) is 12.8. The Morgan fingerprint density at radius 1 is 0.806 bits per heavy atom. The van der Waals surface area contributed by atoms with E-state index in [1.54, 1.807) is 6.20 Å². The average molecular weight is 476 g/mol. The van der Waals surface area contributed by atoms with Gasteiger partial charge >= 0.3 is 0 Å². The van der Waals surface area contributed by atoms with Gasteiger partial charge < -0.3 is 14.2 Å². The van der Waals surface area contributed by atoms with Crippen molar-refractivity contribution in [2.45, 2.75) is 52.9 Å². The van der Waals surface area contributed by atoms with Gasteiger partial charge in [0.2, 0.25) is 5.71 Å². The van der Waals surface area contributed by atoms with Gasteiger partial charge in [-0.1, -0.05) is 69.3 Å². The van der Waals surface area contributed by atoms with Crippen LogP contribution in [0.25, 0.3) is 22.1 Å². The lowest BCUT2D eigenvalue weighted by Crippen LogP contribution is -2.49. The lowest BCUT2D eigenvalue weighted by atomic mass is 9.89. The fraction of sp³-hybridized carbons (Fsp3) is 0.281. The van der Waals surface area contributed by atoms with Gasteiger partial charge in [-0.2, -0.15) is 0 Å². The molecule has 36 heavy (non-hydrogen) atoms. The van der Waals surface area contributed by atoms with Crippen LogP contribution in [-0.4, -0.2) is 17.2 Å². The third-order valence-electron chi connectivity index (χ3n) is 7.54. The molecule has 0 amide bonds. The van der Waals surface area contributed by atoms with Crippen LogP contribution in [0.15, 0.2) is 95.5 Å². The van der Waals surface area contributed by atoms with E-state index in [4.69, 9.17) is 4.42 Å². The molecule has 0 saturated carbocycles. The Morgan fingerprint density at radius 2 is 1.50 bits per heavy atom. The number of nitrogens with zero attached hydrogens (tertiary/aromatic N) is 3. The second-order valence-corrected chi connectivity index (χ2v) is 11.1. The topological polar surface area (TPSA) is 32.5 Å². The molecule has 3 atom stereocenters. The number of rotatable bonds is 3. The van der Waals surface area contributed by atoms with Crippen molar-refractivity contribution in [3.8, 4) is 0 Å². The summed E-state index contributed by atoms with van der Waals surface area (Å²) in [6.07, 6.45) is 1.94. The number of furan rings is 1. The molecule has 182 valence electrons. The molecule has 1 aliphatic rings. The zero-order valence-electron chi connectivity index (χ0n) is 21.6. The molecule has 1 saturated heterocycles. The normalized spacial score (nSPS) is 20.5. The molecule has 0 N–H and O–H groups in total. The first kappa shape index (κ1) is 22.7. The summed E-state index contributed by atoms with van der Waals surface area (Å²) in [5, 5.41) is 2.18. The minimum absolute atomic E-state index is 0.0188. The summed E-state index contributed by atoms with van der Waals surface area (Å²) >= 11 is 0. The van der Waals surface area contributed by atoms with Crippen molar-refractivity contribution in [2.75, 3.05) is 9.80 Å². The highest BCUT2D eigenvalue weighted by Gasteiger charge is 2.50. The van der Waals surface area contributed by atoms with Crippen molar-refractivity contribution in [1.29, 1.82) is 0 Å². The summed E-state index contributed by atoms with van der Waals surface area (Å²) in [5.74, 6) is 0. The third-order valence-corrected chi connectivity index (χ3v) is 7.54. The highest BCUT2D eigenvalue weighted by molar-refractivity contribution is 6.05. The van der Waals surface area contributed by atoms with E-state index in [1.165, 1.54) is 22.5 Å². The number of aromatic nitrogens is 1. The summed E-state index contributed by atoms with van der Waals surface area (Å²) in [7, 11) is 0. The number of pyridine rings is 1. The number of benzene rings is 3. The van der Waals surface area contributed by atoms with Gasteiger partial charge in [0.1, 0.15) is 11.7 Å². The van der Waals surface area contributed by atoms with Crippen LogP contribution in [-0.2, 0) is 0 Å². The summed E-state index contributed by atoms with van der Waals surface area (Å²) in [6, 6.07) is 30.9. The van der Waals surface area contributed by atoms with Gasteiger partial charge in [0, 0.05) is 33.8 Å². The molecular formula is C32H33N3O. The minimum atomic E-state index is -0.0188. The Kier molecular flexibility index (Phi) is 5.29. The number of para-hydroxylation sites is 1. The van der Waals surface area contributed by atoms with E-state index in [1.807, 2.05) is 6.07 Å². The van der Waals surface area contributed by atoms with Crippen LogP contribution in [0.4, 0.5) is 11.4 Å². The number of hydrogen-bond donors (Lipinski definition) is 0. The lowest BCUT2D eigenvalue weighted by molar-refractivity contribution is 0.316. The Morgan fingerprint density at radius 3 is 2.19 bits per heavy atom. The van der Waals surface area contributed by atoms with Crippen LogP contribution in [0.2, 0.25) is 0 Å². The van der Waals surface area contributed by atoms with E-state index < -0.39 is 0 Å². The first-order chi connectivity index (χ1) is 17.3. The SMILES string of the molecule is Cc1cc2oc3ncccc3c2cc1N1C(C(C)(C)C)N(c2ccccc2)C(c2ccccc2)[C@@H]1C. The fourth-order valence-corrected chi connectivity index (χ4v) is 6.09. The van der Waals surface area contributed by atoms with Crippen LogP contribution >= 0.6 is 0 Å². The monoisotopic (exact) mass is 475 g/mol. The Hall–Kier alpha value is -3.79. The molecule has 5 aromatic rings. The number of aryl methyl sites for hydroxylation is 1. The Bertz CT molecular complexity index is 1520. The van der Waals surface area contributed by atoms with Gasteiger partial charge in [0.05, 0.1) is 12.1 Å². The van der Waals surface area contributed by atoms with Gasteiger partial charge in [-0.3, -0.25) is 0 Å². The van der Waals surface area contributed by atoms with E-state index in [0.717, 1.165) is 16.4 Å². The van der Waals surface area contributed by atoms with Gasteiger partial charge in [0.25, 0.3) is 0 Å². The molecule has 0 spiro atoms. The molecule has 3 heterocycles. The maximum absolute atomic E-state index is 6.11. The highest BCUT2D eigenvalue weighted by Crippen LogP contribution is 2.50. The summed E-state index contributed by atoms with van der Waals surface area (Å²) in [6.45, 7) is 11.6. The van der Waals surface area contributed by atoms with Crippen LogP contribution in [0.3, 0.4) is 0 Å². The molecule has 1 fully saturated rings. The molecule has 4 nitrogen and oxygen atoms in total. The fourth-order valence-electron chi connectivity index (χ4n) is 6.09. The maximum atomic E-state index is 6.11. The van der Waals surface area contributed by atoms with E-state index in [9.17, 15) is 0 Å². The molecule has 1 aliphatic heterocycles. The van der Waals surface area contributed by atoms with Crippen molar-refractivity contribution in [3.63, 3.8) is 0 Å².